The summed E-state index contributed by atoms with van der Waals surface area (Å²) >= 11 is 0. The van der Waals surface area contributed by atoms with Crippen molar-refractivity contribution in [2.75, 3.05) is 6.61 Å². The molecule has 2 aliphatic carbocycles. The van der Waals surface area contributed by atoms with Crippen molar-refractivity contribution in [3.05, 3.63) is 0 Å². The lowest BCUT2D eigenvalue weighted by Crippen LogP contribution is -2.62. The van der Waals surface area contributed by atoms with Crippen molar-refractivity contribution < 1.29 is 17.9 Å². The highest BCUT2D eigenvalue weighted by Crippen LogP contribution is 2.51. The van der Waals surface area contributed by atoms with E-state index in [-0.39, 0.29) is 24.2 Å². The molecule has 0 bridgehead atoms. The first kappa shape index (κ1) is 14.1. The fourth-order valence-electron chi connectivity index (χ4n) is 3.41. The van der Waals surface area contributed by atoms with Crippen LogP contribution in [0.5, 0.6) is 0 Å². The van der Waals surface area contributed by atoms with Gasteiger partial charge < -0.3 is 10.5 Å². The first-order chi connectivity index (χ1) is 8.44. The van der Waals surface area contributed by atoms with E-state index in [2.05, 4.69) is 0 Å². The van der Waals surface area contributed by atoms with Crippen LogP contribution in [-0.2, 0) is 4.74 Å². The van der Waals surface area contributed by atoms with Crippen LogP contribution in [0.4, 0.5) is 13.2 Å². The van der Waals surface area contributed by atoms with E-state index in [4.69, 9.17) is 10.5 Å². The summed E-state index contributed by atoms with van der Waals surface area (Å²) in [4.78, 5) is 0. The molecular formula is C13H22F3NO. The zero-order valence-corrected chi connectivity index (χ0v) is 10.6. The number of ether oxygens (including phenoxy) is 1. The van der Waals surface area contributed by atoms with Crippen LogP contribution in [0.2, 0.25) is 0 Å². The second-order valence-corrected chi connectivity index (χ2v) is 5.71. The van der Waals surface area contributed by atoms with Crippen molar-refractivity contribution in [2.45, 2.75) is 69.7 Å². The van der Waals surface area contributed by atoms with Crippen LogP contribution in [0.3, 0.4) is 0 Å². The average Bonchev–Trinajstić information content (AvgIpc) is 2.54. The maximum atomic E-state index is 12.1. The van der Waals surface area contributed by atoms with E-state index < -0.39 is 12.6 Å². The van der Waals surface area contributed by atoms with Gasteiger partial charge in [-0.05, 0) is 19.3 Å². The van der Waals surface area contributed by atoms with Crippen molar-refractivity contribution >= 4 is 0 Å². The summed E-state index contributed by atoms with van der Waals surface area (Å²) in [6, 6.07) is 0.117. The Labute approximate surface area is 106 Å². The van der Waals surface area contributed by atoms with E-state index in [0.717, 1.165) is 32.1 Å². The predicted molar refractivity (Wildman–Crippen MR) is 63.1 cm³/mol. The molecule has 0 amide bonds. The molecule has 0 saturated heterocycles. The Kier molecular flexibility index (Phi) is 4.22. The van der Waals surface area contributed by atoms with Crippen molar-refractivity contribution in [1.29, 1.82) is 0 Å². The van der Waals surface area contributed by atoms with Gasteiger partial charge in [-0.2, -0.15) is 13.2 Å². The molecule has 2 N–H and O–H groups in total. The fourth-order valence-corrected chi connectivity index (χ4v) is 3.41. The Bertz CT molecular complexity index is 272. The maximum Gasteiger partial charge on any atom is 0.391 e. The van der Waals surface area contributed by atoms with Crippen molar-refractivity contribution in [3.63, 3.8) is 0 Å². The molecule has 5 heteroatoms. The quantitative estimate of drug-likeness (QED) is 0.849. The van der Waals surface area contributed by atoms with Crippen LogP contribution < -0.4 is 5.73 Å². The third kappa shape index (κ3) is 2.99. The van der Waals surface area contributed by atoms with Gasteiger partial charge in [-0.1, -0.05) is 25.7 Å². The van der Waals surface area contributed by atoms with Crippen LogP contribution >= 0.6 is 0 Å². The molecule has 2 saturated carbocycles. The third-order valence-corrected chi connectivity index (χ3v) is 4.59. The highest BCUT2D eigenvalue weighted by Gasteiger charge is 2.53. The van der Waals surface area contributed by atoms with E-state index in [1.165, 1.54) is 12.8 Å². The molecule has 18 heavy (non-hydrogen) atoms. The van der Waals surface area contributed by atoms with Gasteiger partial charge in [-0.15, -0.1) is 0 Å². The SMILES string of the molecule is NC1CC(OCCC(F)(F)F)C12CCCCCC2. The van der Waals surface area contributed by atoms with Crippen molar-refractivity contribution in [1.82, 2.24) is 0 Å². The Morgan fingerprint density at radius 1 is 1.11 bits per heavy atom. The zero-order chi connectivity index (χ0) is 13.2. The molecule has 2 aliphatic rings. The van der Waals surface area contributed by atoms with Gasteiger partial charge in [0.15, 0.2) is 0 Å². The number of alkyl halides is 3. The third-order valence-electron chi connectivity index (χ3n) is 4.59. The van der Waals surface area contributed by atoms with Gasteiger partial charge in [0.1, 0.15) is 0 Å². The van der Waals surface area contributed by atoms with Crippen molar-refractivity contribution in [3.8, 4) is 0 Å². The van der Waals surface area contributed by atoms with E-state index in [9.17, 15) is 13.2 Å². The highest BCUT2D eigenvalue weighted by atomic mass is 19.4. The topological polar surface area (TPSA) is 35.2 Å². The number of nitrogens with two attached hydrogens (primary N) is 1. The van der Waals surface area contributed by atoms with Crippen LogP contribution in [0, 0.1) is 5.41 Å². The van der Waals surface area contributed by atoms with E-state index >= 15 is 0 Å². The molecule has 0 aromatic heterocycles. The first-order valence-electron chi connectivity index (χ1n) is 6.88. The van der Waals surface area contributed by atoms with E-state index in [1.807, 2.05) is 0 Å². The van der Waals surface area contributed by atoms with Gasteiger partial charge >= 0.3 is 6.18 Å². The average molecular weight is 265 g/mol. The Hall–Kier alpha value is -0.290. The summed E-state index contributed by atoms with van der Waals surface area (Å²) in [5.74, 6) is 0. The molecule has 0 heterocycles. The zero-order valence-electron chi connectivity index (χ0n) is 10.6. The van der Waals surface area contributed by atoms with Gasteiger partial charge in [-0.3, -0.25) is 0 Å². The normalized spacial score (nSPS) is 32.0. The summed E-state index contributed by atoms with van der Waals surface area (Å²) in [7, 11) is 0. The van der Waals surface area contributed by atoms with Crippen LogP contribution in [0.15, 0.2) is 0 Å². The molecule has 1 spiro atoms. The van der Waals surface area contributed by atoms with Crippen LogP contribution in [-0.4, -0.2) is 24.9 Å². The molecule has 0 aromatic rings. The number of hydrogen-bond donors (Lipinski definition) is 1. The second kappa shape index (κ2) is 5.37. The molecule has 0 aromatic carbocycles. The molecular weight excluding hydrogens is 243 g/mol. The van der Waals surface area contributed by atoms with Crippen LogP contribution in [0.1, 0.15) is 51.4 Å². The van der Waals surface area contributed by atoms with E-state index in [0.29, 0.717) is 0 Å². The predicted octanol–water partition coefficient (Wildman–Crippen LogP) is 3.40. The number of rotatable bonds is 3. The van der Waals surface area contributed by atoms with Crippen molar-refractivity contribution in [2.24, 2.45) is 11.1 Å². The minimum atomic E-state index is -4.12. The minimum absolute atomic E-state index is 0.0257. The van der Waals surface area contributed by atoms with Crippen LogP contribution in [0.25, 0.3) is 0 Å². The summed E-state index contributed by atoms with van der Waals surface area (Å²) in [6.07, 6.45) is 2.42. The molecule has 0 aliphatic heterocycles. The number of halogens is 3. The fraction of sp³-hybridized carbons (Fsp3) is 1.00. The van der Waals surface area contributed by atoms with Gasteiger partial charge in [0, 0.05) is 11.5 Å². The molecule has 2 atom stereocenters. The smallest absolute Gasteiger partial charge is 0.377 e. The Balaban J connectivity index is 1.85. The molecule has 106 valence electrons. The van der Waals surface area contributed by atoms with Gasteiger partial charge in [0.25, 0.3) is 0 Å². The molecule has 2 fully saturated rings. The number of hydrogen-bond acceptors (Lipinski definition) is 2. The first-order valence-corrected chi connectivity index (χ1v) is 6.88. The summed E-state index contributed by atoms with van der Waals surface area (Å²) in [5.41, 5.74) is 6.08. The molecule has 2 nitrogen and oxygen atoms in total. The van der Waals surface area contributed by atoms with Gasteiger partial charge in [0.2, 0.25) is 0 Å². The standard InChI is InChI=1S/C13H22F3NO/c14-13(15,16)7-8-18-11-9-10(17)12(11)5-3-1-2-4-6-12/h10-11H,1-9,17H2. The lowest BCUT2D eigenvalue weighted by molar-refractivity contribution is -0.176. The summed E-state index contributed by atoms with van der Waals surface area (Å²) in [5, 5.41) is 0. The van der Waals surface area contributed by atoms with Gasteiger partial charge in [-0.25, -0.2) is 0 Å². The monoisotopic (exact) mass is 265 g/mol. The lowest BCUT2D eigenvalue weighted by Gasteiger charge is -2.54. The van der Waals surface area contributed by atoms with E-state index in [1.54, 1.807) is 0 Å². The summed E-state index contributed by atoms with van der Waals surface area (Å²) < 4.78 is 41.8. The minimum Gasteiger partial charge on any atom is -0.377 e. The Morgan fingerprint density at radius 2 is 1.72 bits per heavy atom. The second-order valence-electron chi connectivity index (χ2n) is 5.71. The molecule has 2 rings (SSSR count). The maximum absolute atomic E-state index is 12.1. The molecule has 0 radical (unpaired) electrons. The Morgan fingerprint density at radius 3 is 2.22 bits per heavy atom. The largest absolute Gasteiger partial charge is 0.391 e. The highest BCUT2D eigenvalue weighted by molar-refractivity contribution is 5.06. The lowest BCUT2D eigenvalue weighted by atomic mass is 9.58. The van der Waals surface area contributed by atoms with Gasteiger partial charge in [0.05, 0.1) is 19.1 Å². The molecule has 2 unspecified atom stereocenters. The summed E-state index contributed by atoms with van der Waals surface area (Å²) in [6.45, 7) is -0.220.